The van der Waals surface area contributed by atoms with E-state index in [2.05, 4.69) is 5.32 Å². The highest BCUT2D eigenvalue weighted by atomic mass is 35.5. The summed E-state index contributed by atoms with van der Waals surface area (Å²) in [5, 5.41) is 3.80. The van der Waals surface area contributed by atoms with E-state index in [1.807, 2.05) is 18.2 Å². The molecule has 2 unspecified atom stereocenters. The first-order chi connectivity index (χ1) is 12.5. The lowest BCUT2D eigenvalue weighted by Gasteiger charge is -2.35. The normalized spacial score (nSPS) is 21.7. The molecule has 2 aliphatic rings. The lowest BCUT2D eigenvalue weighted by molar-refractivity contribution is 0.0595. The Bertz CT molecular complexity index is 910. The highest BCUT2D eigenvalue weighted by Gasteiger charge is 2.46. The number of rotatable bonds is 3. The number of hydrogen-bond donors (Lipinski definition) is 1. The van der Waals surface area contributed by atoms with Crippen LogP contribution in [0.15, 0.2) is 36.4 Å². The van der Waals surface area contributed by atoms with Crippen LogP contribution in [-0.4, -0.2) is 24.9 Å². The molecule has 0 amide bonds. The van der Waals surface area contributed by atoms with E-state index in [1.54, 1.807) is 6.07 Å². The van der Waals surface area contributed by atoms with Gasteiger partial charge in [0, 0.05) is 16.8 Å². The zero-order valence-electron chi connectivity index (χ0n) is 14.1. The van der Waals surface area contributed by atoms with Gasteiger partial charge in [-0.3, -0.25) is 4.79 Å². The van der Waals surface area contributed by atoms with E-state index < -0.39 is 17.7 Å². The fourth-order valence-electron chi connectivity index (χ4n) is 3.75. The molecule has 1 N–H and O–H groups in total. The van der Waals surface area contributed by atoms with Gasteiger partial charge >= 0.3 is 5.97 Å². The number of esters is 1. The van der Waals surface area contributed by atoms with Crippen LogP contribution >= 0.6 is 11.6 Å². The van der Waals surface area contributed by atoms with Gasteiger partial charge in [0.2, 0.25) is 0 Å². The quantitative estimate of drug-likeness (QED) is 0.808. The molecule has 4 rings (SSSR count). The molecular weight excluding hydrogens is 357 g/mol. The van der Waals surface area contributed by atoms with Crippen molar-refractivity contribution in [3.63, 3.8) is 0 Å². The van der Waals surface area contributed by atoms with Gasteiger partial charge < -0.3 is 10.1 Å². The van der Waals surface area contributed by atoms with Crippen LogP contribution in [-0.2, 0) is 4.74 Å². The van der Waals surface area contributed by atoms with Crippen LogP contribution in [0.1, 0.15) is 45.0 Å². The Labute approximate surface area is 155 Å². The highest BCUT2D eigenvalue weighted by Crippen LogP contribution is 2.47. The second-order valence-corrected chi connectivity index (χ2v) is 7.15. The van der Waals surface area contributed by atoms with E-state index >= 15 is 0 Å². The lowest BCUT2D eigenvalue weighted by Crippen LogP contribution is -2.40. The molecule has 4 nitrogen and oxygen atoms in total. The van der Waals surface area contributed by atoms with Gasteiger partial charge in [0.1, 0.15) is 5.82 Å². The molecule has 1 saturated carbocycles. The van der Waals surface area contributed by atoms with Gasteiger partial charge in [-0.15, -0.1) is 0 Å². The number of nitrogens with one attached hydrogen (secondary N) is 1. The molecule has 2 aromatic rings. The van der Waals surface area contributed by atoms with Gasteiger partial charge in [-0.2, -0.15) is 0 Å². The van der Waals surface area contributed by atoms with E-state index in [0.29, 0.717) is 22.2 Å². The molecule has 134 valence electrons. The van der Waals surface area contributed by atoms with Crippen molar-refractivity contribution in [3.05, 3.63) is 63.9 Å². The Kier molecular flexibility index (Phi) is 4.19. The molecule has 6 heteroatoms. The van der Waals surface area contributed by atoms with Gasteiger partial charge in [-0.05, 0) is 42.5 Å². The maximum Gasteiger partial charge on any atom is 0.338 e. The number of ketones is 1. The second-order valence-electron chi connectivity index (χ2n) is 6.74. The fraction of sp³-hybridized carbons (Fsp3) is 0.300. The highest BCUT2D eigenvalue weighted by molar-refractivity contribution is 6.32. The average Bonchev–Trinajstić information content (AvgIpc) is 3.46. The summed E-state index contributed by atoms with van der Waals surface area (Å²) in [5.41, 5.74) is 1.16. The average molecular weight is 374 g/mol. The summed E-state index contributed by atoms with van der Waals surface area (Å²) in [5.74, 6) is -1.77. The molecule has 0 aromatic heterocycles. The summed E-state index contributed by atoms with van der Waals surface area (Å²) in [6, 6.07) is 9.34. The second kappa shape index (κ2) is 6.40. The van der Waals surface area contributed by atoms with Gasteiger partial charge in [0.15, 0.2) is 5.78 Å². The molecule has 2 atom stereocenters. The summed E-state index contributed by atoms with van der Waals surface area (Å²) in [4.78, 5) is 25.6. The molecule has 1 fully saturated rings. The van der Waals surface area contributed by atoms with Gasteiger partial charge in [-0.1, -0.05) is 29.8 Å². The van der Waals surface area contributed by atoms with Crippen LogP contribution in [0.25, 0.3) is 0 Å². The molecule has 26 heavy (non-hydrogen) atoms. The van der Waals surface area contributed by atoms with Crippen molar-refractivity contribution in [2.45, 2.75) is 24.8 Å². The third kappa shape index (κ3) is 2.76. The molecule has 1 heterocycles. The fourth-order valence-corrected chi connectivity index (χ4v) is 4.00. The smallest absolute Gasteiger partial charge is 0.338 e. The largest absolute Gasteiger partial charge is 0.465 e. The SMILES string of the molecule is COC(=O)c1cc(F)cc2c1C(=O)C(c1ccccc1Cl)C(C1CC1)N2. The van der Waals surface area contributed by atoms with Gasteiger partial charge in [0.25, 0.3) is 0 Å². The zero-order valence-corrected chi connectivity index (χ0v) is 14.8. The maximum atomic E-state index is 14.0. The Balaban J connectivity index is 1.90. The minimum absolute atomic E-state index is 0.0636. The molecule has 0 bridgehead atoms. The number of methoxy groups -OCH3 is 1. The number of fused-ring (bicyclic) bond motifs is 1. The number of carbonyl (C=O) groups is 2. The predicted octanol–water partition coefficient (Wildman–Crippen LogP) is 4.44. The van der Waals surface area contributed by atoms with E-state index in [9.17, 15) is 14.0 Å². The molecule has 1 aliphatic heterocycles. The van der Waals surface area contributed by atoms with Crippen LogP contribution in [0.3, 0.4) is 0 Å². The van der Waals surface area contributed by atoms with E-state index in [1.165, 1.54) is 13.2 Å². The standard InChI is InChI=1S/C20H17ClFNO3/c1-26-20(25)13-8-11(22)9-15-16(13)19(24)17(18(23-15)10-6-7-10)12-4-2-3-5-14(12)21/h2-5,8-10,17-18,23H,6-7H2,1H3. The number of carbonyl (C=O) groups excluding carboxylic acids is 2. The van der Waals surface area contributed by atoms with Crippen molar-refractivity contribution < 1.29 is 18.7 Å². The number of halogens is 2. The van der Waals surface area contributed by atoms with Crippen LogP contribution in [0, 0.1) is 11.7 Å². The summed E-state index contributed by atoms with van der Waals surface area (Å²) in [6.45, 7) is 0. The summed E-state index contributed by atoms with van der Waals surface area (Å²) >= 11 is 6.36. The molecule has 2 aromatic carbocycles. The van der Waals surface area contributed by atoms with Crippen molar-refractivity contribution >= 4 is 29.0 Å². The monoisotopic (exact) mass is 373 g/mol. The topological polar surface area (TPSA) is 55.4 Å². The zero-order chi connectivity index (χ0) is 18.4. The van der Waals surface area contributed by atoms with Gasteiger partial charge in [-0.25, -0.2) is 9.18 Å². The molecule has 1 aliphatic carbocycles. The van der Waals surface area contributed by atoms with E-state index in [4.69, 9.17) is 16.3 Å². The summed E-state index contributed by atoms with van der Waals surface area (Å²) in [6.07, 6.45) is 2.00. The van der Waals surface area contributed by atoms with Crippen LogP contribution in [0.2, 0.25) is 5.02 Å². The lowest BCUT2D eigenvalue weighted by atomic mass is 9.78. The predicted molar refractivity (Wildman–Crippen MR) is 96.4 cm³/mol. The van der Waals surface area contributed by atoms with Crippen molar-refractivity contribution in [1.29, 1.82) is 0 Å². The number of hydrogen-bond acceptors (Lipinski definition) is 4. The maximum absolute atomic E-state index is 14.0. The number of ether oxygens (including phenoxy) is 1. The first-order valence-corrected chi connectivity index (χ1v) is 8.86. The third-order valence-corrected chi connectivity index (χ3v) is 5.43. The van der Waals surface area contributed by atoms with E-state index in [0.717, 1.165) is 18.9 Å². The Morgan fingerprint density at radius 1 is 1.27 bits per heavy atom. The van der Waals surface area contributed by atoms with Crippen molar-refractivity contribution in [2.24, 2.45) is 5.92 Å². The van der Waals surface area contributed by atoms with Crippen molar-refractivity contribution in [3.8, 4) is 0 Å². The minimum atomic E-state index is -0.737. The first kappa shape index (κ1) is 17.0. The Hall–Kier alpha value is -2.40. The first-order valence-electron chi connectivity index (χ1n) is 8.48. The summed E-state index contributed by atoms with van der Waals surface area (Å²) < 4.78 is 18.8. The molecule has 0 saturated heterocycles. The summed E-state index contributed by atoms with van der Waals surface area (Å²) in [7, 11) is 1.21. The minimum Gasteiger partial charge on any atom is -0.465 e. The molecule has 0 spiro atoms. The van der Waals surface area contributed by atoms with E-state index in [-0.39, 0.29) is 23.0 Å². The van der Waals surface area contributed by atoms with Crippen molar-refractivity contribution in [1.82, 2.24) is 0 Å². The van der Waals surface area contributed by atoms with Crippen LogP contribution in [0.5, 0.6) is 0 Å². The molecule has 0 radical (unpaired) electrons. The number of benzene rings is 2. The van der Waals surface area contributed by atoms with Crippen LogP contribution in [0.4, 0.5) is 10.1 Å². The third-order valence-electron chi connectivity index (χ3n) is 5.09. The van der Waals surface area contributed by atoms with Crippen molar-refractivity contribution in [2.75, 3.05) is 12.4 Å². The number of Topliss-reactive ketones (excluding diaryl/α,β-unsaturated/α-hetero) is 1. The Morgan fingerprint density at radius 2 is 2.00 bits per heavy atom. The van der Waals surface area contributed by atoms with Crippen LogP contribution < -0.4 is 5.32 Å². The number of anilines is 1. The Morgan fingerprint density at radius 3 is 2.65 bits per heavy atom. The molecular formula is C20H17ClFNO3. The van der Waals surface area contributed by atoms with Gasteiger partial charge in [0.05, 0.1) is 24.2 Å².